The van der Waals surface area contributed by atoms with Crippen molar-refractivity contribution in [3.05, 3.63) is 46.5 Å². The summed E-state index contributed by atoms with van der Waals surface area (Å²) in [6.07, 6.45) is 1.49. The lowest BCUT2D eigenvalue weighted by Crippen LogP contribution is -1.99. The van der Waals surface area contributed by atoms with E-state index < -0.39 is 0 Å². The second-order valence-corrected chi connectivity index (χ2v) is 4.66. The van der Waals surface area contributed by atoms with Crippen LogP contribution in [0.2, 0.25) is 0 Å². The molecule has 1 rings (SSSR count). The first-order valence-electron chi connectivity index (χ1n) is 4.38. The third kappa shape index (κ3) is 4.74. The Kier molecular flexibility index (Phi) is 5.23. The summed E-state index contributed by atoms with van der Waals surface area (Å²) in [5.41, 5.74) is 1.01. The zero-order valence-electron chi connectivity index (χ0n) is 7.86. The van der Waals surface area contributed by atoms with E-state index in [9.17, 15) is 4.79 Å². The summed E-state index contributed by atoms with van der Waals surface area (Å²) in [5.74, 6) is -0.126. The zero-order valence-corrected chi connectivity index (χ0v) is 10.3. The van der Waals surface area contributed by atoms with Gasteiger partial charge in [0.2, 0.25) is 0 Å². The van der Waals surface area contributed by atoms with Crippen molar-refractivity contribution >= 4 is 41.6 Å². The molecule has 0 aliphatic rings. The van der Waals surface area contributed by atoms with E-state index in [4.69, 9.17) is 23.2 Å². The molecule has 1 aromatic rings. The molecule has 0 N–H and O–H groups in total. The molecular weight excluding hydrogens is 251 g/mol. The Bertz CT molecular complexity index is 358. The monoisotopic (exact) mass is 260 g/mol. The third-order valence-electron chi connectivity index (χ3n) is 1.85. The first-order valence-corrected chi connectivity index (χ1v) is 5.65. The van der Waals surface area contributed by atoms with Crippen molar-refractivity contribution in [1.82, 2.24) is 0 Å². The SMILES string of the molecule is O=C(C=C(Cl)Cl)CC(S)c1ccccc1. The molecular formula is C11H10Cl2OS. The number of benzene rings is 1. The van der Waals surface area contributed by atoms with Crippen molar-refractivity contribution < 1.29 is 4.79 Å². The Balaban J connectivity index is 2.61. The molecule has 0 fully saturated rings. The van der Waals surface area contributed by atoms with Gasteiger partial charge in [-0.05, 0) is 5.56 Å². The van der Waals surface area contributed by atoms with Crippen LogP contribution in [0.4, 0.5) is 0 Å². The number of thiol groups is 1. The summed E-state index contributed by atoms with van der Waals surface area (Å²) in [4.78, 5) is 11.3. The molecule has 1 atom stereocenters. The van der Waals surface area contributed by atoms with Gasteiger partial charge < -0.3 is 0 Å². The van der Waals surface area contributed by atoms with Gasteiger partial charge in [-0.3, -0.25) is 4.79 Å². The van der Waals surface area contributed by atoms with E-state index in [-0.39, 0.29) is 21.9 Å². The Morgan fingerprint density at radius 3 is 2.47 bits per heavy atom. The fourth-order valence-electron chi connectivity index (χ4n) is 1.16. The van der Waals surface area contributed by atoms with Gasteiger partial charge in [-0.2, -0.15) is 12.6 Å². The summed E-state index contributed by atoms with van der Waals surface area (Å²) in [5, 5.41) is -0.123. The number of ketones is 1. The van der Waals surface area contributed by atoms with Crippen LogP contribution in [-0.2, 0) is 4.79 Å². The lowest BCUT2D eigenvalue weighted by molar-refractivity contribution is -0.114. The van der Waals surface area contributed by atoms with Crippen molar-refractivity contribution in [2.75, 3.05) is 0 Å². The highest BCUT2D eigenvalue weighted by molar-refractivity contribution is 7.80. The van der Waals surface area contributed by atoms with Crippen LogP contribution >= 0.6 is 35.8 Å². The van der Waals surface area contributed by atoms with Crippen molar-refractivity contribution in [3.8, 4) is 0 Å². The van der Waals surface area contributed by atoms with Crippen molar-refractivity contribution in [1.29, 1.82) is 0 Å². The molecule has 0 aliphatic carbocycles. The Hall–Kier alpha value is -0.440. The molecule has 0 radical (unpaired) electrons. The highest BCUT2D eigenvalue weighted by Gasteiger charge is 2.10. The molecule has 1 nitrogen and oxygen atoms in total. The second-order valence-electron chi connectivity index (χ2n) is 3.03. The van der Waals surface area contributed by atoms with Crippen LogP contribution in [-0.4, -0.2) is 5.78 Å². The number of carbonyl (C=O) groups is 1. The lowest BCUT2D eigenvalue weighted by atomic mass is 10.1. The van der Waals surface area contributed by atoms with Crippen LogP contribution in [0.3, 0.4) is 0 Å². The average molecular weight is 261 g/mol. The fraction of sp³-hybridized carbons (Fsp3) is 0.182. The summed E-state index contributed by atoms with van der Waals surface area (Å²) < 4.78 is -0.0198. The van der Waals surface area contributed by atoms with E-state index in [1.807, 2.05) is 30.3 Å². The molecule has 0 saturated heterocycles. The van der Waals surface area contributed by atoms with E-state index in [0.717, 1.165) is 5.56 Å². The Morgan fingerprint density at radius 1 is 1.33 bits per heavy atom. The van der Waals surface area contributed by atoms with Gasteiger partial charge in [0.1, 0.15) is 4.49 Å². The first-order chi connectivity index (χ1) is 7.09. The maximum atomic E-state index is 11.3. The van der Waals surface area contributed by atoms with E-state index in [1.54, 1.807) is 0 Å². The zero-order chi connectivity index (χ0) is 11.3. The first kappa shape index (κ1) is 12.6. The molecule has 15 heavy (non-hydrogen) atoms. The Morgan fingerprint density at radius 2 is 1.93 bits per heavy atom. The van der Waals surface area contributed by atoms with Gasteiger partial charge in [0.05, 0.1) is 0 Å². The molecule has 1 aromatic carbocycles. The van der Waals surface area contributed by atoms with Gasteiger partial charge in [0.15, 0.2) is 5.78 Å². The number of rotatable bonds is 4. The van der Waals surface area contributed by atoms with E-state index in [0.29, 0.717) is 0 Å². The Labute approximate surface area is 104 Å². The second kappa shape index (κ2) is 6.21. The summed E-state index contributed by atoms with van der Waals surface area (Å²) in [6.45, 7) is 0. The van der Waals surface area contributed by atoms with Gasteiger partial charge >= 0.3 is 0 Å². The van der Waals surface area contributed by atoms with Crippen LogP contribution in [0.25, 0.3) is 0 Å². The molecule has 80 valence electrons. The number of carbonyl (C=O) groups excluding carboxylic acids is 1. The quantitative estimate of drug-likeness (QED) is 0.641. The smallest absolute Gasteiger partial charge is 0.159 e. The van der Waals surface area contributed by atoms with Crippen molar-refractivity contribution in [3.63, 3.8) is 0 Å². The minimum absolute atomic E-state index is 0.0198. The molecule has 0 heterocycles. The molecule has 0 spiro atoms. The highest BCUT2D eigenvalue weighted by atomic mass is 35.5. The third-order valence-corrected chi connectivity index (χ3v) is 2.55. The highest BCUT2D eigenvalue weighted by Crippen LogP contribution is 2.24. The molecule has 0 aromatic heterocycles. The van der Waals surface area contributed by atoms with Gasteiger partial charge in [0, 0.05) is 17.7 Å². The van der Waals surface area contributed by atoms with Crippen molar-refractivity contribution in [2.45, 2.75) is 11.7 Å². The van der Waals surface area contributed by atoms with Crippen LogP contribution < -0.4 is 0 Å². The molecule has 0 amide bonds. The van der Waals surface area contributed by atoms with Crippen LogP contribution in [0.15, 0.2) is 40.9 Å². The van der Waals surface area contributed by atoms with Gasteiger partial charge in [-0.25, -0.2) is 0 Å². The number of hydrogen-bond acceptors (Lipinski definition) is 2. The average Bonchev–Trinajstić information content (AvgIpc) is 2.17. The summed E-state index contributed by atoms with van der Waals surface area (Å²) >= 11 is 15.1. The fourth-order valence-corrected chi connectivity index (χ4v) is 1.76. The van der Waals surface area contributed by atoms with Crippen molar-refractivity contribution in [2.24, 2.45) is 0 Å². The maximum Gasteiger partial charge on any atom is 0.159 e. The largest absolute Gasteiger partial charge is 0.295 e. The number of hydrogen-bond donors (Lipinski definition) is 1. The molecule has 4 heteroatoms. The predicted molar refractivity (Wildman–Crippen MR) is 67.6 cm³/mol. The topological polar surface area (TPSA) is 17.1 Å². The minimum Gasteiger partial charge on any atom is -0.295 e. The lowest BCUT2D eigenvalue weighted by Gasteiger charge is -2.08. The van der Waals surface area contributed by atoms with E-state index in [1.165, 1.54) is 6.08 Å². The number of allylic oxidation sites excluding steroid dienone is 1. The molecule has 0 saturated carbocycles. The summed E-state index contributed by atoms with van der Waals surface area (Å²) in [7, 11) is 0. The molecule has 0 aliphatic heterocycles. The van der Waals surface area contributed by atoms with Crippen LogP contribution in [0, 0.1) is 0 Å². The van der Waals surface area contributed by atoms with Gasteiger partial charge in [0.25, 0.3) is 0 Å². The van der Waals surface area contributed by atoms with E-state index >= 15 is 0 Å². The molecule has 0 bridgehead atoms. The van der Waals surface area contributed by atoms with E-state index in [2.05, 4.69) is 12.6 Å². The summed E-state index contributed by atoms with van der Waals surface area (Å²) in [6, 6.07) is 9.59. The minimum atomic E-state index is -0.126. The van der Waals surface area contributed by atoms with Gasteiger partial charge in [-0.1, -0.05) is 53.5 Å². The van der Waals surface area contributed by atoms with Crippen LogP contribution in [0.5, 0.6) is 0 Å². The number of halogens is 2. The molecule has 1 unspecified atom stereocenters. The maximum absolute atomic E-state index is 11.3. The standard InChI is InChI=1S/C11H10Cl2OS/c12-11(13)7-9(14)6-10(15)8-4-2-1-3-5-8/h1-5,7,10,15H,6H2. The van der Waals surface area contributed by atoms with Gasteiger partial charge in [-0.15, -0.1) is 0 Å². The normalized spacial score (nSPS) is 11.9. The predicted octanol–water partition coefficient (Wildman–Crippen LogP) is 3.94. The van der Waals surface area contributed by atoms with Crippen LogP contribution in [0.1, 0.15) is 17.2 Å².